The molecule has 0 radical (unpaired) electrons. The summed E-state index contributed by atoms with van der Waals surface area (Å²) in [6.07, 6.45) is 0.628. The molecule has 2 aromatic rings. The topological polar surface area (TPSA) is 55.8 Å². The minimum atomic E-state index is -0.793. The number of para-hydroxylation sites is 1. The van der Waals surface area contributed by atoms with Crippen LogP contribution in [-0.2, 0) is 11.2 Å². The molecule has 24 heavy (non-hydrogen) atoms. The Bertz CT molecular complexity index is 664. The smallest absolute Gasteiger partial charge is 0.303 e. The molecule has 2 aromatic carbocycles. The third-order valence-corrected chi connectivity index (χ3v) is 3.68. The molecule has 4 heteroatoms. The van der Waals surface area contributed by atoms with Crippen molar-refractivity contribution in [2.45, 2.75) is 32.6 Å². The van der Waals surface area contributed by atoms with Gasteiger partial charge in [-0.15, -0.1) is 0 Å². The highest BCUT2D eigenvalue weighted by Gasteiger charge is 2.06. The van der Waals surface area contributed by atoms with Gasteiger partial charge < -0.3 is 14.6 Å². The first-order chi connectivity index (χ1) is 11.6. The molecular formula is C20H24O4. The number of carbonyl (C=O) groups is 1. The lowest BCUT2D eigenvalue weighted by Crippen LogP contribution is -2.10. The molecule has 1 N–H and O–H groups in total. The van der Waals surface area contributed by atoms with Crippen molar-refractivity contribution in [3.05, 3.63) is 59.7 Å². The van der Waals surface area contributed by atoms with E-state index in [-0.39, 0.29) is 6.42 Å². The van der Waals surface area contributed by atoms with Crippen molar-refractivity contribution in [3.63, 3.8) is 0 Å². The molecular weight excluding hydrogens is 304 g/mol. The van der Waals surface area contributed by atoms with Gasteiger partial charge in [0.1, 0.15) is 24.7 Å². The lowest BCUT2D eigenvalue weighted by molar-refractivity contribution is -0.136. The third kappa shape index (κ3) is 5.61. The number of ether oxygens (including phenoxy) is 2. The zero-order valence-electron chi connectivity index (χ0n) is 14.2. The van der Waals surface area contributed by atoms with Gasteiger partial charge in [0.15, 0.2) is 0 Å². The maximum atomic E-state index is 10.6. The van der Waals surface area contributed by atoms with Gasteiger partial charge >= 0.3 is 5.97 Å². The Morgan fingerprint density at radius 3 is 2.54 bits per heavy atom. The molecule has 0 heterocycles. The second kappa shape index (κ2) is 8.96. The van der Waals surface area contributed by atoms with Crippen LogP contribution in [-0.4, -0.2) is 24.3 Å². The highest BCUT2D eigenvalue weighted by atomic mass is 16.5. The van der Waals surface area contributed by atoms with E-state index in [1.54, 1.807) is 0 Å². The van der Waals surface area contributed by atoms with E-state index in [2.05, 4.69) is 19.9 Å². The molecule has 0 spiro atoms. The summed E-state index contributed by atoms with van der Waals surface area (Å²) >= 11 is 0. The summed E-state index contributed by atoms with van der Waals surface area (Å²) in [5.41, 5.74) is 2.15. The van der Waals surface area contributed by atoms with Gasteiger partial charge in [-0.2, -0.15) is 0 Å². The lowest BCUT2D eigenvalue weighted by atomic mass is 10.0. The normalized spacial score (nSPS) is 10.6. The zero-order valence-corrected chi connectivity index (χ0v) is 14.2. The van der Waals surface area contributed by atoms with Crippen molar-refractivity contribution in [1.82, 2.24) is 0 Å². The van der Waals surface area contributed by atoms with Crippen LogP contribution >= 0.6 is 0 Å². The molecule has 0 saturated carbocycles. The molecule has 128 valence electrons. The van der Waals surface area contributed by atoms with Crippen molar-refractivity contribution in [2.24, 2.45) is 0 Å². The summed E-state index contributed by atoms with van der Waals surface area (Å²) < 4.78 is 11.5. The highest BCUT2D eigenvalue weighted by Crippen LogP contribution is 2.25. The van der Waals surface area contributed by atoms with Crippen molar-refractivity contribution in [1.29, 1.82) is 0 Å². The Morgan fingerprint density at radius 2 is 1.79 bits per heavy atom. The number of aryl methyl sites for hydroxylation is 1. The number of rotatable bonds is 9. The standard InChI is InChI=1S/C20H24O4/c1-15(2)18-8-3-4-9-19(18)24-13-12-23-17-7-5-6-16(14-17)10-11-20(21)22/h3-9,14-15H,10-13H2,1-2H3,(H,21,22). The first-order valence-corrected chi connectivity index (χ1v) is 8.21. The molecule has 4 nitrogen and oxygen atoms in total. The molecule has 0 saturated heterocycles. The average Bonchev–Trinajstić information content (AvgIpc) is 2.57. The molecule has 2 rings (SSSR count). The van der Waals surface area contributed by atoms with Gasteiger partial charge in [-0.3, -0.25) is 4.79 Å². The molecule has 0 aliphatic heterocycles. The van der Waals surface area contributed by atoms with Gasteiger partial charge in [0, 0.05) is 6.42 Å². The van der Waals surface area contributed by atoms with Gasteiger partial charge in [0.05, 0.1) is 0 Å². The van der Waals surface area contributed by atoms with E-state index in [4.69, 9.17) is 14.6 Å². The number of benzene rings is 2. The maximum Gasteiger partial charge on any atom is 0.303 e. The van der Waals surface area contributed by atoms with E-state index in [0.717, 1.165) is 17.1 Å². The Hall–Kier alpha value is -2.49. The van der Waals surface area contributed by atoms with Gasteiger partial charge in [0.2, 0.25) is 0 Å². The molecule has 0 aliphatic carbocycles. The number of aliphatic carboxylic acids is 1. The number of hydrogen-bond acceptors (Lipinski definition) is 3. The van der Waals surface area contributed by atoms with Crippen LogP contribution in [0.3, 0.4) is 0 Å². The second-order valence-electron chi connectivity index (χ2n) is 5.93. The summed E-state index contributed by atoms with van der Waals surface area (Å²) in [5, 5.41) is 8.74. The van der Waals surface area contributed by atoms with Gasteiger partial charge in [-0.1, -0.05) is 44.2 Å². The van der Waals surface area contributed by atoms with Gasteiger partial charge in [-0.05, 0) is 41.7 Å². The van der Waals surface area contributed by atoms with Crippen LogP contribution in [0.2, 0.25) is 0 Å². The van der Waals surface area contributed by atoms with Crippen LogP contribution < -0.4 is 9.47 Å². The van der Waals surface area contributed by atoms with E-state index < -0.39 is 5.97 Å². The molecule has 0 aliphatic rings. The number of hydrogen-bond donors (Lipinski definition) is 1. The summed E-state index contributed by atoms with van der Waals surface area (Å²) in [7, 11) is 0. The molecule has 0 fully saturated rings. The minimum absolute atomic E-state index is 0.124. The molecule has 0 unspecified atom stereocenters. The van der Waals surface area contributed by atoms with Crippen molar-refractivity contribution in [2.75, 3.05) is 13.2 Å². The van der Waals surface area contributed by atoms with Crippen molar-refractivity contribution < 1.29 is 19.4 Å². The monoisotopic (exact) mass is 328 g/mol. The maximum absolute atomic E-state index is 10.6. The Kier molecular flexibility index (Phi) is 6.67. The Balaban J connectivity index is 1.82. The first kappa shape index (κ1) is 17.9. The summed E-state index contributed by atoms with van der Waals surface area (Å²) in [4.78, 5) is 10.6. The highest BCUT2D eigenvalue weighted by molar-refractivity contribution is 5.67. The average molecular weight is 328 g/mol. The van der Waals surface area contributed by atoms with Crippen LogP contribution in [0.5, 0.6) is 11.5 Å². The SMILES string of the molecule is CC(C)c1ccccc1OCCOc1cccc(CCC(=O)O)c1. The summed E-state index contributed by atoms with van der Waals surface area (Å²) in [5.74, 6) is 1.25. The van der Waals surface area contributed by atoms with E-state index in [9.17, 15) is 4.79 Å². The largest absolute Gasteiger partial charge is 0.490 e. The predicted octanol–water partition coefficient (Wildman–Crippen LogP) is 4.29. The number of carboxylic acid groups (broad SMARTS) is 1. The van der Waals surface area contributed by atoms with E-state index in [0.29, 0.717) is 25.6 Å². The fourth-order valence-corrected chi connectivity index (χ4v) is 2.44. The molecule has 0 aromatic heterocycles. The van der Waals surface area contributed by atoms with Crippen LogP contribution in [0, 0.1) is 0 Å². The Labute approximate surface area is 143 Å². The molecule has 0 bridgehead atoms. The molecule has 0 amide bonds. The summed E-state index contributed by atoms with van der Waals surface area (Å²) in [6.45, 7) is 5.18. The van der Waals surface area contributed by atoms with E-state index in [1.807, 2.05) is 42.5 Å². The second-order valence-corrected chi connectivity index (χ2v) is 5.93. The van der Waals surface area contributed by atoms with Crippen LogP contribution in [0.15, 0.2) is 48.5 Å². The van der Waals surface area contributed by atoms with E-state index in [1.165, 1.54) is 5.56 Å². The van der Waals surface area contributed by atoms with Gasteiger partial charge in [0.25, 0.3) is 0 Å². The Morgan fingerprint density at radius 1 is 1.04 bits per heavy atom. The quantitative estimate of drug-likeness (QED) is 0.698. The number of carboxylic acids is 1. The van der Waals surface area contributed by atoms with E-state index >= 15 is 0 Å². The minimum Gasteiger partial charge on any atom is -0.490 e. The van der Waals surface area contributed by atoms with Gasteiger partial charge in [-0.25, -0.2) is 0 Å². The van der Waals surface area contributed by atoms with Crippen LogP contribution in [0.4, 0.5) is 0 Å². The first-order valence-electron chi connectivity index (χ1n) is 8.21. The van der Waals surface area contributed by atoms with Crippen molar-refractivity contribution in [3.8, 4) is 11.5 Å². The molecule has 0 atom stereocenters. The zero-order chi connectivity index (χ0) is 17.4. The third-order valence-electron chi connectivity index (χ3n) is 3.68. The fourth-order valence-electron chi connectivity index (χ4n) is 2.44. The lowest BCUT2D eigenvalue weighted by Gasteiger charge is -2.14. The van der Waals surface area contributed by atoms with Crippen LogP contribution in [0.25, 0.3) is 0 Å². The van der Waals surface area contributed by atoms with Crippen LogP contribution in [0.1, 0.15) is 37.3 Å². The predicted molar refractivity (Wildman–Crippen MR) is 93.9 cm³/mol. The fraction of sp³-hybridized carbons (Fsp3) is 0.350. The van der Waals surface area contributed by atoms with Crippen molar-refractivity contribution >= 4 is 5.97 Å². The summed E-state index contributed by atoms with van der Waals surface area (Å²) in [6, 6.07) is 15.6.